The van der Waals surface area contributed by atoms with Crippen LogP contribution in [0.2, 0.25) is 0 Å². The molecule has 0 atom stereocenters. The zero-order valence-corrected chi connectivity index (χ0v) is 11.0. The van der Waals surface area contributed by atoms with Crippen molar-refractivity contribution in [3.05, 3.63) is 59.4 Å². The zero-order chi connectivity index (χ0) is 14.1. The predicted molar refractivity (Wildman–Crippen MR) is 76.0 cm³/mol. The maximum atomic E-state index is 9.64. The second-order valence-electron chi connectivity index (χ2n) is 4.69. The Kier molecular flexibility index (Phi) is 2.97. The third-order valence-electron chi connectivity index (χ3n) is 3.32. The molecule has 20 heavy (non-hydrogen) atoms. The average molecular weight is 263 g/mol. The molecule has 1 aromatic carbocycles. The molecule has 2 aromatic heterocycles. The van der Waals surface area contributed by atoms with Crippen LogP contribution in [0.4, 0.5) is 0 Å². The molecule has 0 fully saturated rings. The van der Waals surface area contributed by atoms with E-state index in [0.717, 1.165) is 16.9 Å². The van der Waals surface area contributed by atoms with E-state index in [4.69, 9.17) is 5.26 Å². The van der Waals surface area contributed by atoms with Crippen LogP contribution < -0.4 is 0 Å². The van der Waals surface area contributed by atoms with E-state index in [1.165, 1.54) is 5.56 Å². The van der Waals surface area contributed by atoms with E-state index >= 15 is 0 Å². The van der Waals surface area contributed by atoms with Crippen molar-refractivity contribution < 1.29 is 5.11 Å². The summed E-state index contributed by atoms with van der Waals surface area (Å²) in [6.07, 6.45) is 1.70. The van der Waals surface area contributed by atoms with E-state index in [-0.39, 0.29) is 6.61 Å². The molecule has 2 heterocycles. The highest BCUT2D eigenvalue weighted by Crippen LogP contribution is 2.25. The van der Waals surface area contributed by atoms with Gasteiger partial charge in [-0.2, -0.15) is 5.26 Å². The van der Waals surface area contributed by atoms with E-state index < -0.39 is 0 Å². The Morgan fingerprint density at radius 1 is 1.20 bits per heavy atom. The summed E-state index contributed by atoms with van der Waals surface area (Å²) in [6, 6.07) is 13.6. The summed E-state index contributed by atoms with van der Waals surface area (Å²) in [5.41, 5.74) is 4.85. The van der Waals surface area contributed by atoms with E-state index in [9.17, 15) is 5.11 Å². The van der Waals surface area contributed by atoms with Gasteiger partial charge in [-0.3, -0.25) is 4.40 Å². The van der Waals surface area contributed by atoms with Crippen LogP contribution in [0.1, 0.15) is 16.8 Å². The Balaban J connectivity index is 2.25. The van der Waals surface area contributed by atoms with Gasteiger partial charge in [0, 0.05) is 11.8 Å². The Labute approximate surface area is 116 Å². The molecule has 0 aliphatic carbocycles. The molecule has 0 spiro atoms. The third-order valence-corrected chi connectivity index (χ3v) is 3.32. The number of benzene rings is 1. The van der Waals surface area contributed by atoms with Gasteiger partial charge in [-0.25, -0.2) is 4.98 Å². The van der Waals surface area contributed by atoms with Crippen LogP contribution in [0, 0.1) is 18.3 Å². The number of hydrogen-bond acceptors (Lipinski definition) is 3. The first-order chi connectivity index (χ1) is 9.72. The third kappa shape index (κ3) is 1.94. The van der Waals surface area contributed by atoms with Crippen LogP contribution in [0.25, 0.3) is 16.9 Å². The number of pyridine rings is 1. The number of aliphatic hydroxyl groups excluding tert-OH is 1. The van der Waals surface area contributed by atoms with E-state index in [0.29, 0.717) is 11.3 Å². The number of nitrogens with zero attached hydrogens (tertiary/aromatic N) is 3. The molecule has 3 aromatic rings. The minimum Gasteiger partial charge on any atom is -0.390 e. The molecule has 4 nitrogen and oxygen atoms in total. The highest BCUT2D eigenvalue weighted by atomic mass is 16.3. The van der Waals surface area contributed by atoms with Crippen LogP contribution in [0.5, 0.6) is 0 Å². The summed E-state index contributed by atoms with van der Waals surface area (Å²) in [5.74, 6) is 0. The largest absolute Gasteiger partial charge is 0.390 e. The van der Waals surface area contributed by atoms with Crippen molar-refractivity contribution in [1.82, 2.24) is 9.38 Å². The maximum Gasteiger partial charge on any atom is 0.137 e. The van der Waals surface area contributed by atoms with E-state index in [1.807, 2.05) is 31.2 Å². The lowest BCUT2D eigenvalue weighted by atomic mass is 10.1. The number of nitriles is 1. The van der Waals surface area contributed by atoms with Crippen LogP contribution in [0.3, 0.4) is 0 Å². The lowest BCUT2D eigenvalue weighted by Crippen LogP contribution is -1.95. The number of aliphatic hydroxyl groups is 1. The molecular weight excluding hydrogens is 250 g/mol. The molecule has 3 rings (SSSR count). The number of fused-ring (bicyclic) bond motifs is 1. The summed E-state index contributed by atoms with van der Waals surface area (Å²) >= 11 is 0. The molecule has 0 aliphatic rings. The SMILES string of the molecule is Cc1ccc(-c2nc3ccc(C#N)cn3c2CO)cc1. The standard InChI is InChI=1S/C16H13N3O/c1-11-2-5-13(6-3-11)16-14(10-20)19-9-12(8-17)4-7-15(19)18-16/h2-7,9,20H,10H2,1H3. The minimum atomic E-state index is -0.126. The molecule has 0 radical (unpaired) electrons. The summed E-state index contributed by atoms with van der Waals surface area (Å²) in [5, 5.41) is 18.6. The normalized spacial score (nSPS) is 10.7. The smallest absolute Gasteiger partial charge is 0.137 e. The molecule has 0 unspecified atom stereocenters. The molecule has 0 saturated heterocycles. The van der Waals surface area contributed by atoms with Crippen LogP contribution in [-0.2, 0) is 6.61 Å². The quantitative estimate of drug-likeness (QED) is 0.773. The summed E-state index contributed by atoms with van der Waals surface area (Å²) < 4.78 is 1.77. The molecular formula is C16H13N3O. The molecule has 1 N–H and O–H groups in total. The van der Waals surface area contributed by atoms with Gasteiger partial charge in [-0.15, -0.1) is 0 Å². The van der Waals surface area contributed by atoms with Gasteiger partial charge in [0.15, 0.2) is 0 Å². The van der Waals surface area contributed by atoms with Crippen LogP contribution >= 0.6 is 0 Å². The van der Waals surface area contributed by atoms with Crippen molar-refractivity contribution >= 4 is 5.65 Å². The van der Waals surface area contributed by atoms with Gasteiger partial charge in [0.05, 0.1) is 23.6 Å². The van der Waals surface area contributed by atoms with Gasteiger partial charge in [-0.05, 0) is 19.1 Å². The van der Waals surface area contributed by atoms with Crippen molar-refractivity contribution in [2.75, 3.05) is 0 Å². The second-order valence-corrected chi connectivity index (χ2v) is 4.69. The highest BCUT2D eigenvalue weighted by Gasteiger charge is 2.13. The summed E-state index contributed by atoms with van der Waals surface area (Å²) in [4.78, 5) is 4.55. The lowest BCUT2D eigenvalue weighted by Gasteiger charge is -2.02. The minimum absolute atomic E-state index is 0.126. The van der Waals surface area contributed by atoms with Crippen molar-refractivity contribution in [1.29, 1.82) is 5.26 Å². The highest BCUT2D eigenvalue weighted by molar-refractivity contribution is 5.67. The van der Waals surface area contributed by atoms with E-state index in [1.54, 1.807) is 22.7 Å². The fourth-order valence-electron chi connectivity index (χ4n) is 2.25. The van der Waals surface area contributed by atoms with Gasteiger partial charge in [0.2, 0.25) is 0 Å². The van der Waals surface area contributed by atoms with Gasteiger partial charge in [0.1, 0.15) is 11.7 Å². The summed E-state index contributed by atoms with van der Waals surface area (Å²) in [7, 11) is 0. The number of aromatic nitrogens is 2. The van der Waals surface area contributed by atoms with Crippen molar-refractivity contribution in [3.8, 4) is 17.3 Å². The number of hydrogen-bond donors (Lipinski definition) is 1. The van der Waals surface area contributed by atoms with Crippen LogP contribution in [0.15, 0.2) is 42.6 Å². The van der Waals surface area contributed by atoms with Crippen LogP contribution in [-0.4, -0.2) is 14.5 Å². The first-order valence-electron chi connectivity index (χ1n) is 6.32. The number of aryl methyl sites for hydroxylation is 1. The topological polar surface area (TPSA) is 61.3 Å². The Hall–Kier alpha value is -2.64. The molecule has 4 heteroatoms. The van der Waals surface area contributed by atoms with Gasteiger partial charge < -0.3 is 5.11 Å². The zero-order valence-electron chi connectivity index (χ0n) is 11.0. The summed E-state index contributed by atoms with van der Waals surface area (Å²) in [6.45, 7) is 1.90. The molecule has 0 saturated carbocycles. The average Bonchev–Trinajstić information content (AvgIpc) is 2.85. The Bertz CT molecular complexity index is 810. The van der Waals surface area contributed by atoms with Gasteiger partial charge in [0.25, 0.3) is 0 Å². The predicted octanol–water partition coefficient (Wildman–Crippen LogP) is 2.67. The van der Waals surface area contributed by atoms with Gasteiger partial charge in [-0.1, -0.05) is 29.8 Å². The molecule has 98 valence electrons. The van der Waals surface area contributed by atoms with Crippen molar-refractivity contribution in [3.63, 3.8) is 0 Å². The first kappa shape index (κ1) is 12.4. The van der Waals surface area contributed by atoms with E-state index in [2.05, 4.69) is 11.1 Å². The molecule has 0 bridgehead atoms. The second kappa shape index (κ2) is 4.80. The monoisotopic (exact) mass is 263 g/mol. The first-order valence-corrected chi connectivity index (χ1v) is 6.32. The fraction of sp³-hybridized carbons (Fsp3) is 0.125. The molecule has 0 aliphatic heterocycles. The fourth-order valence-corrected chi connectivity index (χ4v) is 2.25. The number of imidazole rings is 1. The number of rotatable bonds is 2. The Morgan fingerprint density at radius 2 is 1.95 bits per heavy atom. The Morgan fingerprint density at radius 3 is 2.60 bits per heavy atom. The van der Waals surface area contributed by atoms with Gasteiger partial charge >= 0.3 is 0 Å². The lowest BCUT2D eigenvalue weighted by molar-refractivity contribution is 0.276. The van der Waals surface area contributed by atoms with Crippen molar-refractivity contribution in [2.24, 2.45) is 0 Å². The van der Waals surface area contributed by atoms with Crippen molar-refractivity contribution in [2.45, 2.75) is 13.5 Å². The maximum absolute atomic E-state index is 9.64. The molecule has 0 amide bonds.